The van der Waals surface area contributed by atoms with Crippen LogP contribution < -0.4 is 9.80 Å². The summed E-state index contributed by atoms with van der Waals surface area (Å²) in [5.74, 6) is 1.54. The van der Waals surface area contributed by atoms with Crippen molar-refractivity contribution in [2.24, 2.45) is 0 Å². The predicted molar refractivity (Wildman–Crippen MR) is 94.6 cm³/mol. The van der Waals surface area contributed by atoms with Crippen LogP contribution >= 0.6 is 0 Å². The Bertz CT molecular complexity index is 679. The largest absolute Gasteiger partial charge is 0.363 e. The Hall–Kier alpha value is -1.45. The monoisotopic (exact) mass is 354 g/mol. The molecule has 2 aliphatic rings. The molecule has 1 aromatic rings. The molecule has 0 aliphatic carbocycles. The maximum absolute atomic E-state index is 12.6. The highest BCUT2D eigenvalue weighted by Gasteiger charge is 2.34. The van der Waals surface area contributed by atoms with Gasteiger partial charge in [0, 0.05) is 65.1 Å². The van der Waals surface area contributed by atoms with E-state index in [2.05, 4.69) is 14.9 Å². The third kappa shape index (κ3) is 3.47. The van der Waals surface area contributed by atoms with E-state index in [1.165, 1.54) is 0 Å². The molecule has 0 amide bonds. The second kappa shape index (κ2) is 6.81. The Kier molecular flexibility index (Phi) is 4.93. The van der Waals surface area contributed by atoms with Crippen LogP contribution in [0.25, 0.3) is 0 Å². The number of nitrogens with zero attached hydrogens (tertiary/aromatic N) is 6. The molecule has 0 saturated carbocycles. The second-order valence-corrected chi connectivity index (χ2v) is 8.49. The van der Waals surface area contributed by atoms with E-state index in [0.717, 1.165) is 24.4 Å². The highest BCUT2D eigenvalue weighted by molar-refractivity contribution is 7.86. The molecule has 134 valence electrons. The van der Waals surface area contributed by atoms with Crippen LogP contribution in [0.4, 0.5) is 11.8 Å². The first-order valence-electron chi connectivity index (χ1n) is 8.41. The Morgan fingerprint density at radius 3 is 2.12 bits per heavy atom. The Labute approximate surface area is 144 Å². The van der Waals surface area contributed by atoms with Crippen molar-refractivity contribution in [3.05, 3.63) is 11.8 Å². The zero-order valence-corrected chi connectivity index (χ0v) is 15.5. The van der Waals surface area contributed by atoms with Gasteiger partial charge in [-0.2, -0.15) is 22.0 Å². The van der Waals surface area contributed by atoms with Crippen LogP contribution in [-0.2, 0) is 10.2 Å². The van der Waals surface area contributed by atoms with Crippen LogP contribution in [0.15, 0.2) is 6.07 Å². The molecule has 3 heterocycles. The van der Waals surface area contributed by atoms with E-state index in [4.69, 9.17) is 0 Å². The minimum absolute atomic E-state index is 0.480. The average molecular weight is 354 g/mol. The molecular formula is C15H26N6O2S. The van der Waals surface area contributed by atoms with Crippen LogP contribution in [-0.4, -0.2) is 80.4 Å². The van der Waals surface area contributed by atoms with Gasteiger partial charge in [-0.05, 0) is 19.8 Å². The third-order valence-electron chi connectivity index (χ3n) is 4.53. The van der Waals surface area contributed by atoms with Gasteiger partial charge in [0.2, 0.25) is 5.95 Å². The number of hydrogen-bond donors (Lipinski definition) is 0. The fourth-order valence-corrected chi connectivity index (χ4v) is 4.78. The average Bonchev–Trinajstić information content (AvgIpc) is 3.09. The SMILES string of the molecule is Cc1cc(N(C)C)nc(N2CCN(S(=O)(=O)N3CCCC3)CC2)n1. The third-order valence-corrected chi connectivity index (χ3v) is 6.56. The topological polar surface area (TPSA) is 72.9 Å². The molecule has 3 rings (SSSR count). The predicted octanol–water partition coefficient (Wildman–Crippen LogP) is 0.314. The molecule has 2 fully saturated rings. The number of hydrogen-bond acceptors (Lipinski definition) is 6. The summed E-state index contributed by atoms with van der Waals surface area (Å²) in [6, 6.07) is 1.94. The first-order chi connectivity index (χ1) is 11.4. The molecule has 0 aromatic carbocycles. The quantitative estimate of drug-likeness (QED) is 0.775. The highest BCUT2D eigenvalue weighted by atomic mass is 32.2. The minimum atomic E-state index is -3.31. The van der Waals surface area contributed by atoms with Crippen molar-refractivity contribution in [1.82, 2.24) is 18.6 Å². The molecule has 9 heteroatoms. The van der Waals surface area contributed by atoms with Gasteiger partial charge in [-0.25, -0.2) is 4.98 Å². The maximum Gasteiger partial charge on any atom is 0.282 e. The highest BCUT2D eigenvalue weighted by Crippen LogP contribution is 2.21. The van der Waals surface area contributed by atoms with Crippen molar-refractivity contribution in [3.63, 3.8) is 0 Å². The molecule has 2 aliphatic heterocycles. The van der Waals surface area contributed by atoms with E-state index >= 15 is 0 Å². The van der Waals surface area contributed by atoms with E-state index in [1.807, 2.05) is 32.0 Å². The zero-order valence-electron chi connectivity index (χ0n) is 14.6. The Morgan fingerprint density at radius 1 is 0.958 bits per heavy atom. The van der Waals surface area contributed by atoms with Gasteiger partial charge >= 0.3 is 0 Å². The number of piperazine rings is 1. The van der Waals surface area contributed by atoms with Gasteiger partial charge in [-0.1, -0.05) is 0 Å². The van der Waals surface area contributed by atoms with Crippen molar-refractivity contribution < 1.29 is 8.42 Å². The van der Waals surface area contributed by atoms with Crippen molar-refractivity contribution in [2.45, 2.75) is 19.8 Å². The van der Waals surface area contributed by atoms with Gasteiger partial charge in [0.15, 0.2) is 0 Å². The van der Waals surface area contributed by atoms with Gasteiger partial charge in [0.1, 0.15) is 5.82 Å². The molecule has 0 N–H and O–H groups in total. The summed E-state index contributed by atoms with van der Waals surface area (Å²) in [6.45, 7) is 5.44. The van der Waals surface area contributed by atoms with E-state index in [1.54, 1.807) is 8.61 Å². The van der Waals surface area contributed by atoms with Crippen molar-refractivity contribution >= 4 is 22.0 Å². The van der Waals surface area contributed by atoms with E-state index in [9.17, 15) is 8.42 Å². The van der Waals surface area contributed by atoms with Gasteiger partial charge in [0.25, 0.3) is 10.2 Å². The lowest BCUT2D eigenvalue weighted by molar-refractivity contribution is 0.342. The minimum Gasteiger partial charge on any atom is -0.363 e. The standard InChI is InChI=1S/C15H26N6O2S/c1-13-12-14(18(2)3)17-15(16-13)19-8-10-21(11-9-19)24(22,23)20-6-4-5-7-20/h12H,4-11H2,1-3H3. The molecule has 0 spiro atoms. The van der Waals surface area contributed by atoms with Crippen LogP contribution in [0.1, 0.15) is 18.5 Å². The van der Waals surface area contributed by atoms with Crippen molar-refractivity contribution in [3.8, 4) is 0 Å². The second-order valence-electron chi connectivity index (χ2n) is 6.56. The zero-order chi connectivity index (χ0) is 17.3. The van der Waals surface area contributed by atoms with Crippen molar-refractivity contribution in [2.75, 3.05) is 63.2 Å². The summed E-state index contributed by atoms with van der Waals surface area (Å²) in [7, 11) is 0.595. The summed E-state index contributed by atoms with van der Waals surface area (Å²) < 4.78 is 28.4. The maximum atomic E-state index is 12.6. The summed E-state index contributed by atoms with van der Waals surface area (Å²) in [5, 5.41) is 0. The molecule has 24 heavy (non-hydrogen) atoms. The first kappa shape index (κ1) is 17.4. The summed E-state index contributed by atoms with van der Waals surface area (Å²) in [4.78, 5) is 13.1. The number of rotatable bonds is 4. The Balaban J connectivity index is 1.69. The molecule has 8 nitrogen and oxygen atoms in total. The fraction of sp³-hybridized carbons (Fsp3) is 0.733. The fourth-order valence-electron chi connectivity index (χ4n) is 3.11. The smallest absolute Gasteiger partial charge is 0.282 e. The van der Waals surface area contributed by atoms with Crippen LogP contribution in [0.2, 0.25) is 0 Å². The van der Waals surface area contributed by atoms with Crippen LogP contribution in [0, 0.1) is 6.92 Å². The van der Waals surface area contributed by atoms with E-state index < -0.39 is 10.2 Å². The summed E-state index contributed by atoms with van der Waals surface area (Å²) in [5.41, 5.74) is 0.913. The summed E-state index contributed by atoms with van der Waals surface area (Å²) >= 11 is 0. The van der Waals surface area contributed by atoms with Crippen LogP contribution in [0.3, 0.4) is 0 Å². The lowest BCUT2D eigenvalue weighted by atomic mass is 10.3. The van der Waals surface area contributed by atoms with Gasteiger partial charge in [0.05, 0.1) is 0 Å². The summed E-state index contributed by atoms with van der Waals surface area (Å²) in [6.07, 6.45) is 1.92. The number of aryl methyl sites for hydroxylation is 1. The molecule has 0 unspecified atom stereocenters. The van der Waals surface area contributed by atoms with Gasteiger partial charge in [-0.15, -0.1) is 0 Å². The first-order valence-corrected chi connectivity index (χ1v) is 9.81. The van der Waals surface area contributed by atoms with E-state index in [-0.39, 0.29) is 0 Å². The van der Waals surface area contributed by atoms with E-state index in [0.29, 0.717) is 45.2 Å². The molecule has 0 bridgehead atoms. The van der Waals surface area contributed by atoms with Gasteiger partial charge in [-0.3, -0.25) is 0 Å². The molecule has 1 aromatic heterocycles. The Morgan fingerprint density at radius 2 is 1.54 bits per heavy atom. The van der Waals surface area contributed by atoms with Crippen molar-refractivity contribution in [1.29, 1.82) is 0 Å². The lowest BCUT2D eigenvalue weighted by Crippen LogP contribution is -2.53. The molecule has 0 radical (unpaired) electrons. The normalized spacial score (nSPS) is 20.5. The lowest BCUT2D eigenvalue weighted by Gasteiger charge is -2.36. The number of aromatic nitrogens is 2. The molecular weight excluding hydrogens is 328 g/mol. The van der Waals surface area contributed by atoms with Crippen LogP contribution in [0.5, 0.6) is 0 Å². The van der Waals surface area contributed by atoms with Gasteiger partial charge < -0.3 is 9.80 Å². The molecule has 2 saturated heterocycles. The number of anilines is 2. The molecule has 0 atom stereocenters.